The number of hydrogen-bond donors (Lipinski definition) is 0. The minimum absolute atomic E-state index is 0.114. The summed E-state index contributed by atoms with van der Waals surface area (Å²) in [5, 5.41) is 0. The summed E-state index contributed by atoms with van der Waals surface area (Å²) < 4.78 is 10.2. The van der Waals surface area contributed by atoms with Crippen molar-refractivity contribution < 1.29 is 14.3 Å². The fourth-order valence-corrected chi connectivity index (χ4v) is 1.55. The molecular weight excluding hydrogens is 192 g/mol. The van der Waals surface area contributed by atoms with Gasteiger partial charge in [0.05, 0.1) is 12.7 Å². The van der Waals surface area contributed by atoms with Crippen LogP contribution < -0.4 is 0 Å². The van der Waals surface area contributed by atoms with Crippen LogP contribution >= 0.6 is 0 Å². The number of allylic oxidation sites excluding steroid dienone is 2. The van der Waals surface area contributed by atoms with Gasteiger partial charge < -0.3 is 9.47 Å². The van der Waals surface area contributed by atoms with Crippen molar-refractivity contribution >= 4 is 5.97 Å². The van der Waals surface area contributed by atoms with Crippen molar-refractivity contribution in [3.8, 4) is 0 Å². The van der Waals surface area contributed by atoms with Crippen molar-refractivity contribution in [1.82, 2.24) is 0 Å². The first kappa shape index (κ1) is 11.6. The fraction of sp³-hybridized carbons (Fsp3) is 0.417. The van der Waals surface area contributed by atoms with Crippen LogP contribution in [0.3, 0.4) is 0 Å². The molecule has 0 bridgehead atoms. The van der Waals surface area contributed by atoms with Crippen molar-refractivity contribution in [2.24, 2.45) is 0 Å². The lowest BCUT2D eigenvalue weighted by Gasteiger charge is -2.12. The Bertz CT molecular complexity index is 326. The van der Waals surface area contributed by atoms with E-state index in [1.165, 1.54) is 7.11 Å². The maximum Gasteiger partial charge on any atom is 0.337 e. The van der Waals surface area contributed by atoms with Gasteiger partial charge in [-0.15, -0.1) is 6.58 Å². The molecule has 0 saturated carbocycles. The van der Waals surface area contributed by atoms with E-state index < -0.39 is 0 Å². The molecule has 1 aliphatic heterocycles. The Hall–Kier alpha value is -1.51. The Morgan fingerprint density at radius 1 is 1.73 bits per heavy atom. The number of carbonyl (C=O) groups excluding carboxylic acids is 1. The summed E-state index contributed by atoms with van der Waals surface area (Å²) in [5.74, 6) is 0.318. The summed E-state index contributed by atoms with van der Waals surface area (Å²) in [6, 6.07) is 0. The third-order valence-corrected chi connectivity index (χ3v) is 2.43. The SMILES string of the molecule is C=CCC(=C)C1CC(C(=O)OC)=C(C)O1. The van der Waals surface area contributed by atoms with E-state index >= 15 is 0 Å². The number of hydrogen-bond acceptors (Lipinski definition) is 3. The molecule has 1 unspecified atom stereocenters. The van der Waals surface area contributed by atoms with Gasteiger partial charge in [0, 0.05) is 6.42 Å². The van der Waals surface area contributed by atoms with Crippen LogP contribution in [-0.2, 0) is 14.3 Å². The highest BCUT2D eigenvalue weighted by Gasteiger charge is 2.29. The molecule has 1 atom stereocenters. The van der Waals surface area contributed by atoms with Crippen LogP contribution in [0, 0.1) is 0 Å². The van der Waals surface area contributed by atoms with Gasteiger partial charge in [-0.3, -0.25) is 0 Å². The minimum Gasteiger partial charge on any atom is -0.490 e. The van der Waals surface area contributed by atoms with Crippen molar-refractivity contribution in [3.63, 3.8) is 0 Å². The third kappa shape index (κ3) is 2.49. The van der Waals surface area contributed by atoms with Gasteiger partial charge in [0.25, 0.3) is 0 Å². The highest BCUT2D eigenvalue weighted by atomic mass is 16.5. The van der Waals surface area contributed by atoms with Gasteiger partial charge in [-0.05, 0) is 18.9 Å². The second-order valence-electron chi connectivity index (χ2n) is 3.49. The second-order valence-corrected chi connectivity index (χ2v) is 3.49. The fourth-order valence-electron chi connectivity index (χ4n) is 1.55. The molecule has 3 nitrogen and oxygen atoms in total. The standard InChI is InChI=1S/C12H16O3/c1-5-6-8(2)11-7-10(9(3)15-11)12(13)14-4/h5,11H,1-2,6-7H2,3-4H3. The molecule has 0 amide bonds. The predicted octanol–water partition coefficient (Wildman–Crippen LogP) is 2.35. The number of esters is 1. The smallest absolute Gasteiger partial charge is 0.337 e. The van der Waals surface area contributed by atoms with E-state index in [4.69, 9.17) is 4.74 Å². The lowest BCUT2D eigenvalue weighted by Crippen LogP contribution is -2.10. The Morgan fingerprint density at radius 2 is 2.40 bits per heavy atom. The van der Waals surface area contributed by atoms with E-state index in [9.17, 15) is 4.79 Å². The molecule has 0 aromatic carbocycles. The van der Waals surface area contributed by atoms with Crippen molar-refractivity contribution in [2.45, 2.75) is 25.9 Å². The molecule has 15 heavy (non-hydrogen) atoms. The zero-order valence-corrected chi connectivity index (χ0v) is 9.21. The molecule has 0 saturated heterocycles. The first-order valence-electron chi connectivity index (χ1n) is 4.83. The summed E-state index contributed by atoms with van der Waals surface area (Å²) in [6.07, 6.45) is 2.91. The number of methoxy groups -OCH3 is 1. The van der Waals surface area contributed by atoms with Gasteiger partial charge in [0.1, 0.15) is 11.9 Å². The van der Waals surface area contributed by atoms with Gasteiger partial charge in [0.15, 0.2) is 0 Å². The molecule has 1 aliphatic rings. The van der Waals surface area contributed by atoms with Gasteiger partial charge in [-0.2, -0.15) is 0 Å². The van der Waals surface area contributed by atoms with Crippen LogP contribution in [-0.4, -0.2) is 19.2 Å². The first-order valence-corrected chi connectivity index (χ1v) is 4.83. The van der Waals surface area contributed by atoms with E-state index in [1.807, 2.05) is 0 Å². The topological polar surface area (TPSA) is 35.5 Å². The summed E-state index contributed by atoms with van der Waals surface area (Å²) in [4.78, 5) is 11.3. The van der Waals surface area contributed by atoms with Crippen LogP contribution in [0.15, 0.2) is 36.1 Å². The Morgan fingerprint density at radius 3 is 2.93 bits per heavy atom. The van der Waals surface area contributed by atoms with Crippen LogP contribution in [0.25, 0.3) is 0 Å². The van der Waals surface area contributed by atoms with E-state index in [-0.39, 0.29) is 12.1 Å². The maximum absolute atomic E-state index is 11.3. The predicted molar refractivity (Wildman–Crippen MR) is 58.2 cm³/mol. The highest BCUT2D eigenvalue weighted by Crippen LogP contribution is 2.30. The highest BCUT2D eigenvalue weighted by molar-refractivity contribution is 5.89. The molecule has 0 fully saturated rings. The average molecular weight is 208 g/mol. The molecule has 0 N–H and O–H groups in total. The molecule has 82 valence electrons. The van der Waals surface area contributed by atoms with Crippen LogP contribution in [0.4, 0.5) is 0 Å². The maximum atomic E-state index is 11.3. The Balaban J connectivity index is 2.66. The van der Waals surface area contributed by atoms with Gasteiger partial charge >= 0.3 is 5.97 Å². The summed E-state index contributed by atoms with van der Waals surface area (Å²) in [7, 11) is 1.37. The zero-order valence-electron chi connectivity index (χ0n) is 9.21. The van der Waals surface area contributed by atoms with Crippen LogP contribution in [0.5, 0.6) is 0 Å². The largest absolute Gasteiger partial charge is 0.490 e. The molecule has 0 spiro atoms. The van der Waals surface area contributed by atoms with E-state index in [2.05, 4.69) is 17.9 Å². The molecular formula is C12H16O3. The summed E-state index contributed by atoms with van der Waals surface area (Å²) >= 11 is 0. The monoisotopic (exact) mass is 208 g/mol. The lowest BCUT2D eigenvalue weighted by atomic mass is 10.0. The van der Waals surface area contributed by atoms with Crippen molar-refractivity contribution in [3.05, 3.63) is 36.1 Å². The second kappa shape index (κ2) is 4.82. The summed E-state index contributed by atoms with van der Waals surface area (Å²) in [5.41, 5.74) is 1.54. The molecule has 1 rings (SSSR count). The molecule has 3 heteroatoms. The molecule has 0 aromatic rings. The van der Waals surface area contributed by atoms with Gasteiger partial charge in [-0.25, -0.2) is 4.79 Å². The summed E-state index contributed by atoms with van der Waals surface area (Å²) in [6.45, 7) is 9.32. The Labute approximate surface area is 90.1 Å². The average Bonchev–Trinajstić information content (AvgIpc) is 2.60. The van der Waals surface area contributed by atoms with E-state index in [0.717, 1.165) is 5.57 Å². The number of carbonyl (C=O) groups is 1. The van der Waals surface area contributed by atoms with Crippen molar-refractivity contribution in [2.75, 3.05) is 7.11 Å². The van der Waals surface area contributed by atoms with Crippen LogP contribution in [0.2, 0.25) is 0 Å². The number of rotatable bonds is 4. The number of ether oxygens (including phenoxy) is 2. The quantitative estimate of drug-likeness (QED) is 0.525. The normalized spacial score (nSPS) is 19.7. The van der Waals surface area contributed by atoms with E-state index in [0.29, 0.717) is 24.2 Å². The van der Waals surface area contributed by atoms with Crippen LogP contribution in [0.1, 0.15) is 19.8 Å². The molecule has 0 aromatic heterocycles. The van der Waals surface area contributed by atoms with Gasteiger partial charge in [0.2, 0.25) is 0 Å². The molecule has 0 aliphatic carbocycles. The van der Waals surface area contributed by atoms with E-state index in [1.54, 1.807) is 13.0 Å². The third-order valence-electron chi connectivity index (χ3n) is 2.43. The first-order chi connectivity index (χ1) is 7.10. The Kier molecular flexibility index (Phi) is 3.72. The molecule has 1 heterocycles. The minimum atomic E-state index is -0.318. The van der Waals surface area contributed by atoms with Crippen molar-refractivity contribution in [1.29, 1.82) is 0 Å². The zero-order chi connectivity index (χ0) is 11.4. The van der Waals surface area contributed by atoms with Gasteiger partial charge in [-0.1, -0.05) is 12.7 Å². The lowest BCUT2D eigenvalue weighted by molar-refractivity contribution is -0.136. The molecule has 0 radical (unpaired) electrons.